The lowest BCUT2D eigenvalue weighted by atomic mass is 10.2. The first kappa shape index (κ1) is 12.4. The monoisotopic (exact) mass is 243 g/mol. The zero-order chi connectivity index (χ0) is 12.8. The molecule has 0 atom stereocenters. The van der Waals surface area contributed by atoms with Crippen molar-refractivity contribution in [3.63, 3.8) is 0 Å². The van der Waals surface area contributed by atoms with Crippen LogP contribution < -0.4 is 5.32 Å². The van der Waals surface area contributed by atoms with Crippen molar-refractivity contribution in [2.75, 3.05) is 6.54 Å². The van der Waals surface area contributed by atoms with Crippen molar-refractivity contribution in [3.8, 4) is 6.07 Å². The third-order valence-corrected chi connectivity index (χ3v) is 2.83. The molecule has 0 unspecified atom stereocenters. The van der Waals surface area contributed by atoms with Crippen molar-refractivity contribution >= 4 is 0 Å². The molecule has 0 aliphatic rings. The number of imidazole rings is 1. The van der Waals surface area contributed by atoms with Gasteiger partial charge in [-0.05, 0) is 24.6 Å². The summed E-state index contributed by atoms with van der Waals surface area (Å²) in [7, 11) is 1.89. The van der Waals surface area contributed by atoms with Gasteiger partial charge in [0, 0.05) is 38.6 Å². The van der Waals surface area contributed by atoms with Gasteiger partial charge in [0.05, 0.1) is 0 Å². The quantitative estimate of drug-likeness (QED) is 0.752. The van der Waals surface area contributed by atoms with E-state index in [1.54, 1.807) is 6.20 Å². The summed E-state index contributed by atoms with van der Waals surface area (Å²) < 4.78 is 1.85. The van der Waals surface area contributed by atoms with Gasteiger partial charge in [-0.25, -0.2) is 4.98 Å². The smallest absolute Gasteiger partial charge is 0.120 e. The molecule has 5 heteroatoms. The van der Waals surface area contributed by atoms with Crippen molar-refractivity contribution in [3.05, 3.63) is 41.7 Å². The van der Waals surface area contributed by atoms with E-state index < -0.39 is 0 Å². The molecule has 0 saturated carbocycles. The van der Waals surface area contributed by atoms with E-state index >= 15 is 0 Å². The van der Waals surface area contributed by atoms with Crippen molar-refractivity contribution in [2.45, 2.75) is 19.4 Å². The van der Waals surface area contributed by atoms with Crippen molar-refractivity contribution in [2.24, 2.45) is 7.05 Å². The Labute approximate surface area is 106 Å². The average molecular weight is 243 g/mol. The van der Waals surface area contributed by atoms with Gasteiger partial charge in [0.1, 0.15) is 17.6 Å². The molecule has 0 spiro atoms. The molecule has 0 radical (unpaired) electrons. The molecule has 18 heavy (non-hydrogen) atoms. The van der Waals surface area contributed by atoms with Gasteiger partial charge < -0.3 is 14.9 Å². The van der Waals surface area contributed by atoms with Gasteiger partial charge in [0.25, 0.3) is 0 Å². The summed E-state index contributed by atoms with van der Waals surface area (Å²) in [5.74, 6) is 1.03. The lowest BCUT2D eigenvalue weighted by Gasteiger charge is -2.01. The van der Waals surface area contributed by atoms with Crippen LogP contribution in [0, 0.1) is 11.3 Å². The molecule has 0 fully saturated rings. The normalized spacial score (nSPS) is 10.4. The maximum atomic E-state index is 8.85. The Bertz CT molecular complexity index is 518. The highest BCUT2D eigenvalue weighted by atomic mass is 14.9. The van der Waals surface area contributed by atoms with E-state index in [0.29, 0.717) is 5.69 Å². The molecule has 0 aliphatic carbocycles. The predicted octanol–water partition coefficient (Wildman–Crippen LogP) is 1.34. The van der Waals surface area contributed by atoms with E-state index in [0.717, 1.165) is 37.3 Å². The summed E-state index contributed by atoms with van der Waals surface area (Å²) in [6, 6.07) is 4.07. The van der Waals surface area contributed by atoms with Crippen LogP contribution in [0.2, 0.25) is 0 Å². The van der Waals surface area contributed by atoms with Gasteiger partial charge in [-0.2, -0.15) is 5.26 Å². The Kier molecular flexibility index (Phi) is 4.15. The minimum Gasteiger partial charge on any atom is -0.349 e. The maximum Gasteiger partial charge on any atom is 0.120 e. The molecule has 2 rings (SSSR count). The van der Waals surface area contributed by atoms with Crippen LogP contribution in [0.5, 0.6) is 0 Å². The summed E-state index contributed by atoms with van der Waals surface area (Å²) in [6.07, 6.45) is 7.61. The van der Waals surface area contributed by atoms with Gasteiger partial charge in [-0.1, -0.05) is 0 Å². The molecule has 2 aromatic rings. The number of H-pyrrole nitrogens is 1. The van der Waals surface area contributed by atoms with Gasteiger partial charge in [-0.15, -0.1) is 0 Å². The first-order chi connectivity index (χ1) is 8.79. The molecular weight excluding hydrogens is 226 g/mol. The number of nitrogens with one attached hydrogen (secondary N) is 2. The fraction of sp³-hybridized carbons (Fsp3) is 0.385. The summed E-state index contributed by atoms with van der Waals surface area (Å²) in [5, 5.41) is 12.2. The van der Waals surface area contributed by atoms with E-state index in [4.69, 9.17) is 5.26 Å². The third-order valence-electron chi connectivity index (χ3n) is 2.83. The lowest BCUT2D eigenvalue weighted by Crippen LogP contribution is -2.15. The Hall–Kier alpha value is -2.06. The topological polar surface area (TPSA) is 69.4 Å². The number of aromatic amines is 1. The van der Waals surface area contributed by atoms with E-state index in [-0.39, 0.29) is 0 Å². The molecule has 2 heterocycles. The van der Waals surface area contributed by atoms with Crippen LogP contribution in [0.4, 0.5) is 0 Å². The second-order valence-electron chi connectivity index (χ2n) is 4.27. The van der Waals surface area contributed by atoms with Crippen LogP contribution in [-0.4, -0.2) is 21.1 Å². The van der Waals surface area contributed by atoms with E-state index in [2.05, 4.69) is 21.4 Å². The van der Waals surface area contributed by atoms with Gasteiger partial charge in [0.2, 0.25) is 0 Å². The van der Waals surface area contributed by atoms with Gasteiger partial charge in [-0.3, -0.25) is 0 Å². The van der Waals surface area contributed by atoms with Crippen molar-refractivity contribution < 1.29 is 0 Å². The van der Waals surface area contributed by atoms with E-state index in [9.17, 15) is 0 Å². The lowest BCUT2D eigenvalue weighted by molar-refractivity contribution is 0.640. The average Bonchev–Trinajstić information content (AvgIpc) is 2.98. The van der Waals surface area contributed by atoms with Crippen LogP contribution in [0.3, 0.4) is 0 Å². The van der Waals surface area contributed by atoms with Gasteiger partial charge in [0.15, 0.2) is 0 Å². The number of rotatable bonds is 6. The SMILES string of the molecule is Cn1cc(CNCCCc2ncc[nH]2)cc1C#N. The minimum absolute atomic E-state index is 0.697. The highest BCUT2D eigenvalue weighted by Crippen LogP contribution is 2.05. The maximum absolute atomic E-state index is 8.85. The molecule has 0 amide bonds. The van der Waals surface area contributed by atoms with Crippen molar-refractivity contribution in [1.82, 2.24) is 19.9 Å². The van der Waals surface area contributed by atoms with Crippen LogP contribution in [-0.2, 0) is 20.0 Å². The van der Waals surface area contributed by atoms with Gasteiger partial charge >= 0.3 is 0 Å². The number of aryl methyl sites for hydroxylation is 2. The van der Waals surface area contributed by atoms with Crippen LogP contribution in [0.25, 0.3) is 0 Å². The first-order valence-corrected chi connectivity index (χ1v) is 6.04. The molecule has 94 valence electrons. The molecule has 2 N–H and O–H groups in total. The number of nitriles is 1. The van der Waals surface area contributed by atoms with E-state index in [1.807, 2.05) is 30.1 Å². The molecule has 2 aromatic heterocycles. The Balaban J connectivity index is 1.67. The summed E-state index contributed by atoms with van der Waals surface area (Å²) in [6.45, 7) is 1.74. The summed E-state index contributed by atoms with van der Waals surface area (Å²) in [4.78, 5) is 7.26. The Morgan fingerprint density at radius 3 is 3.11 bits per heavy atom. The zero-order valence-electron chi connectivity index (χ0n) is 10.5. The predicted molar refractivity (Wildman–Crippen MR) is 68.7 cm³/mol. The fourth-order valence-electron chi connectivity index (χ4n) is 1.89. The second-order valence-corrected chi connectivity index (χ2v) is 4.27. The Morgan fingerprint density at radius 1 is 1.56 bits per heavy atom. The number of aromatic nitrogens is 3. The summed E-state index contributed by atoms with van der Waals surface area (Å²) in [5.41, 5.74) is 1.84. The highest BCUT2D eigenvalue weighted by Gasteiger charge is 2.01. The van der Waals surface area contributed by atoms with Crippen LogP contribution >= 0.6 is 0 Å². The second kappa shape index (κ2) is 6.03. The first-order valence-electron chi connectivity index (χ1n) is 6.04. The molecule has 5 nitrogen and oxygen atoms in total. The largest absolute Gasteiger partial charge is 0.349 e. The fourth-order valence-corrected chi connectivity index (χ4v) is 1.89. The standard InChI is InChI=1S/C13H17N5/c1-18-10-11(7-12(18)8-14)9-15-4-2-3-13-16-5-6-17-13/h5-7,10,15H,2-4,9H2,1H3,(H,16,17). The number of nitrogens with zero attached hydrogens (tertiary/aromatic N) is 3. The Morgan fingerprint density at radius 2 is 2.44 bits per heavy atom. The van der Waals surface area contributed by atoms with E-state index in [1.165, 1.54) is 0 Å². The summed E-state index contributed by atoms with van der Waals surface area (Å²) >= 11 is 0. The molecule has 0 aromatic carbocycles. The zero-order valence-corrected chi connectivity index (χ0v) is 10.5. The molecule has 0 aliphatic heterocycles. The molecule has 0 saturated heterocycles. The third kappa shape index (κ3) is 3.22. The van der Waals surface area contributed by atoms with Crippen LogP contribution in [0.1, 0.15) is 23.5 Å². The number of hydrogen-bond donors (Lipinski definition) is 2. The minimum atomic E-state index is 0.697. The van der Waals surface area contributed by atoms with Crippen molar-refractivity contribution in [1.29, 1.82) is 5.26 Å². The van der Waals surface area contributed by atoms with Crippen LogP contribution in [0.15, 0.2) is 24.7 Å². The molecule has 0 bridgehead atoms. The highest BCUT2D eigenvalue weighted by molar-refractivity contribution is 5.28. The number of hydrogen-bond acceptors (Lipinski definition) is 3. The molecular formula is C13H17N5.